The molecule has 0 radical (unpaired) electrons. The molecule has 4 heteroatoms. The number of rotatable bonds is 3. The molecule has 6 atom stereocenters. The van der Waals surface area contributed by atoms with Crippen molar-refractivity contribution in [1.29, 1.82) is 0 Å². The molecular formula is C25H37NO3. The molecule has 0 spiro atoms. The van der Waals surface area contributed by atoms with Gasteiger partial charge in [0, 0.05) is 29.8 Å². The normalized spacial score (nSPS) is 55.3. The molecule has 1 heterocycles. The van der Waals surface area contributed by atoms with E-state index < -0.39 is 6.10 Å². The molecule has 0 aromatic carbocycles. The Labute approximate surface area is 174 Å². The van der Waals surface area contributed by atoms with Gasteiger partial charge in [-0.2, -0.15) is 0 Å². The van der Waals surface area contributed by atoms with Gasteiger partial charge in [0.15, 0.2) is 0 Å². The lowest BCUT2D eigenvalue weighted by Gasteiger charge is -2.57. The van der Waals surface area contributed by atoms with Gasteiger partial charge in [-0.05, 0) is 75.0 Å². The summed E-state index contributed by atoms with van der Waals surface area (Å²) in [5.74, 6) is 2.80. The number of aliphatic hydroxyl groups is 1. The van der Waals surface area contributed by atoms with E-state index in [-0.39, 0.29) is 34.9 Å². The van der Waals surface area contributed by atoms with Crippen LogP contribution >= 0.6 is 0 Å². The number of hydrogen-bond acceptors (Lipinski definition) is 4. The molecular weight excluding hydrogens is 362 g/mol. The van der Waals surface area contributed by atoms with Crippen molar-refractivity contribution in [3.8, 4) is 0 Å². The zero-order valence-electron chi connectivity index (χ0n) is 18.0. The van der Waals surface area contributed by atoms with Crippen molar-refractivity contribution in [2.45, 2.75) is 89.4 Å². The number of fused-ring (bicyclic) bond motifs is 2. The molecule has 160 valence electrons. The first-order chi connectivity index (χ1) is 13.9. The summed E-state index contributed by atoms with van der Waals surface area (Å²) in [5, 5.41) is 15.5. The first kappa shape index (κ1) is 18.9. The maximum atomic E-state index is 12.9. The molecule has 0 aromatic heterocycles. The van der Waals surface area contributed by atoms with Gasteiger partial charge in [0.05, 0.1) is 12.0 Å². The van der Waals surface area contributed by atoms with Gasteiger partial charge in [-0.3, -0.25) is 4.79 Å². The molecule has 0 amide bonds. The van der Waals surface area contributed by atoms with Gasteiger partial charge in [-0.1, -0.05) is 25.5 Å². The second-order valence-electron chi connectivity index (χ2n) is 11.9. The lowest BCUT2D eigenvalue weighted by molar-refractivity contribution is -0.144. The molecule has 0 aromatic rings. The van der Waals surface area contributed by atoms with Crippen molar-refractivity contribution in [3.63, 3.8) is 0 Å². The van der Waals surface area contributed by atoms with Gasteiger partial charge < -0.3 is 15.2 Å². The van der Waals surface area contributed by atoms with E-state index in [9.17, 15) is 9.90 Å². The molecule has 7 rings (SSSR count). The van der Waals surface area contributed by atoms with Crippen LogP contribution in [0.25, 0.3) is 0 Å². The molecule has 1 aliphatic heterocycles. The highest BCUT2D eigenvalue weighted by Crippen LogP contribution is 2.57. The Balaban J connectivity index is 1.23. The lowest BCUT2D eigenvalue weighted by Crippen LogP contribution is -2.60. The summed E-state index contributed by atoms with van der Waals surface area (Å²) in [6.45, 7) is 5.19. The van der Waals surface area contributed by atoms with Crippen molar-refractivity contribution in [2.75, 3.05) is 6.54 Å². The fourth-order valence-corrected chi connectivity index (χ4v) is 8.95. The van der Waals surface area contributed by atoms with E-state index >= 15 is 0 Å². The highest BCUT2D eigenvalue weighted by molar-refractivity contribution is 5.76. The molecule has 6 unspecified atom stereocenters. The van der Waals surface area contributed by atoms with Gasteiger partial charge in [-0.15, -0.1) is 0 Å². The third-order valence-electron chi connectivity index (χ3n) is 10.3. The van der Waals surface area contributed by atoms with Gasteiger partial charge in [0.2, 0.25) is 0 Å². The van der Waals surface area contributed by atoms with Crippen LogP contribution in [0.2, 0.25) is 0 Å². The fourth-order valence-electron chi connectivity index (χ4n) is 8.95. The largest absolute Gasteiger partial charge is 0.461 e. The Bertz CT molecular complexity index is 709. The standard InChI is InChI=1S/C25H37NO3/c1-14-4-3-5-18-9-20-21(22(27)24(14,18)2)19(23(28)29-20)13-26-25-10-15-6-16(11-25)8-17(7-15)12-25/h5,14-17,19-22,26-27H,3-4,6-13H2,1-2H3. The van der Waals surface area contributed by atoms with Crippen LogP contribution in [0.5, 0.6) is 0 Å². The summed E-state index contributed by atoms with van der Waals surface area (Å²) in [7, 11) is 0. The Morgan fingerprint density at radius 3 is 2.48 bits per heavy atom. The summed E-state index contributed by atoms with van der Waals surface area (Å²) in [6.07, 6.45) is 12.9. The van der Waals surface area contributed by atoms with Crippen molar-refractivity contribution < 1.29 is 14.6 Å². The van der Waals surface area contributed by atoms with Crippen LogP contribution in [-0.2, 0) is 9.53 Å². The minimum absolute atomic E-state index is 0.0633. The molecule has 6 aliphatic carbocycles. The van der Waals surface area contributed by atoms with Crippen LogP contribution in [0.15, 0.2) is 11.6 Å². The summed E-state index contributed by atoms with van der Waals surface area (Å²) in [5.41, 5.74) is 1.37. The first-order valence-electron chi connectivity index (χ1n) is 12.2. The predicted molar refractivity (Wildman–Crippen MR) is 111 cm³/mol. The Hall–Kier alpha value is -0.870. The fraction of sp³-hybridized carbons (Fsp3) is 0.880. The Morgan fingerprint density at radius 1 is 1.17 bits per heavy atom. The number of aliphatic hydroxyl groups excluding tert-OH is 1. The van der Waals surface area contributed by atoms with Crippen molar-refractivity contribution >= 4 is 5.97 Å². The molecule has 6 fully saturated rings. The van der Waals surface area contributed by atoms with E-state index in [1.807, 2.05) is 0 Å². The average Bonchev–Trinajstić information content (AvgIpc) is 2.97. The zero-order valence-corrected chi connectivity index (χ0v) is 18.0. The van der Waals surface area contributed by atoms with Crippen LogP contribution in [0.3, 0.4) is 0 Å². The van der Waals surface area contributed by atoms with Crippen molar-refractivity contribution in [1.82, 2.24) is 5.32 Å². The minimum atomic E-state index is -0.489. The molecule has 2 N–H and O–H groups in total. The number of nitrogens with one attached hydrogen (secondary N) is 1. The zero-order chi connectivity index (χ0) is 20.0. The van der Waals surface area contributed by atoms with Crippen molar-refractivity contribution in [2.24, 2.45) is 40.9 Å². The number of carbonyl (C=O) groups is 1. The van der Waals surface area contributed by atoms with E-state index in [1.54, 1.807) is 0 Å². The van der Waals surface area contributed by atoms with E-state index in [0.717, 1.165) is 37.0 Å². The number of esters is 1. The Kier molecular flexibility index (Phi) is 4.11. The Morgan fingerprint density at radius 2 is 1.83 bits per heavy atom. The van der Waals surface area contributed by atoms with E-state index in [2.05, 4.69) is 25.2 Å². The minimum Gasteiger partial charge on any atom is -0.461 e. The number of ether oxygens (including phenoxy) is 1. The maximum Gasteiger partial charge on any atom is 0.311 e. The van der Waals surface area contributed by atoms with Crippen LogP contribution in [-0.4, -0.2) is 35.4 Å². The van der Waals surface area contributed by atoms with E-state index in [0.29, 0.717) is 12.5 Å². The molecule has 1 saturated heterocycles. The van der Waals surface area contributed by atoms with Gasteiger partial charge in [-0.25, -0.2) is 0 Å². The molecule has 4 nitrogen and oxygen atoms in total. The maximum absolute atomic E-state index is 12.9. The van der Waals surface area contributed by atoms with Gasteiger partial charge in [0.25, 0.3) is 0 Å². The van der Waals surface area contributed by atoms with E-state index in [1.165, 1.54) is 44.1 Å². The van der Waals surface area contributed by atoms with Crippen LogP contribution in [0.4, 0.5) is 0 Å². The van der Waals surface area contributed by atoms with Crippen LogP contribution in [0, 0.1) is 40.9 Å². The topological polar surface area (TPSA) is 58.6 Å². The third-order valence-corrected chi connectivity index (χ3v) is 10.3. The highest BCUT2D eigenvalue weighted by Gasteiger charge is 2.60. The third kappa shape index (κ3) is 2.67. The van der Waals surface area contributed by atoms with Crippen molar-refractivity contribution in [3.05, 3.63) is 11.6 Å². The van der Waals surface area contributed by atoms with Crippen LogP contribution in [0.1, 0.15) is 71.6 Å². The molecule has 4 bridgehead atoms. The first-order valence-corrected chi connectivity index (χ1v) is 12.2. The molecule has 7 aliphatic rings. The number of hydrogen-bond donors (Lipinski definition) is 2. The summed E-state index contributed by atoms with van der Waals surface area (Å²) in [6, 6.07) is 0. The second-order valence-corrected chi connectivity index (χ2v) is 11.9. The molecule has 5 saturated carbocycles. The highest BCUT2D eigenvalue weighted by atomic mass is 16.6. The SMILES string of the molecule is CC1CCC=C2CC3OC(=O)C(CNC45CC6CC(CC(C6)C4)C5)C3C(O)C21C. The summed E-state index contributed by atoms with van der Waals surface area (Å²) < 4.78 is 5.87. The lowest BCUT2D eigenvalue weighted by atomic mass is 9.52. The van der Waals surface area contributed by atoms with Gasteiger partial charge >= 0.3 is 5.97 Å². The van der Waals surface area contributed by atoms with Gasteiger partial charge in [0.1, 0.15) is 6.10 Å². The second kappa shape index (κ2) is 6.32. The number of carbonyl (C=O) groups excluding carboxylic acids is 1. The smallest absolute Gasteiger partial charge is 0.311 e. The molecule has 29 heavy (non-hydrogen) atoms. The summed E-state index contributed by atoms with van der Waals surface area (Å²) >= 11 is 0. The van der Waals surface area contributed by atoms with E-state index in [4.69, 9.17) is 4.74 Å². The monoisotopic (exact) mass is 399 g/mol. The predicted octanol–water partition coefficient (Wildman–Crippen LogP) is 3.83. The summed E-state index contributed by atoms with van der Waals surface area (Å²) in [4.78, 5) is 12.9. The quantitative estimate of drug-likeness (QED) is 0.559. The number of allylic oxidation sites excluding steroid dienone is 1. The van der Waals surface area contributed by atoms with Crippen LogP contribution < -0.4 is 5.32 Å². The average molecular weight is 400 g/mol.